The van der Waals surface area contributed by atoms with Crippen molar-refractivity contribution in [2.24, 2.45) is 7.05 Å². The van der Waals surface area contributed by atoms with Crippen LogP contribution in [0.4, 0.5) is 5.69 Å². The summed E-state index contributed by atoms with van der Waals surface area (Å²) in [5, 5.41) is 6.93. The molecule has 2 saturated heterocycles. The molecule has 0 aliphatic carbocycles. The second-order valence-corrected chi connectivity index (χ2v) is 7.98. The Hall–Kier alpha value is -2.18. The fourth-order valence-corrected chi connectivity index (χ4v) is 4.25. The molecule has 0 radical (unpaired) electrons. The van der Waals surface area contributed by atoms with Crippen LogP contribution in [0.25, 0.3) is 0 Å². The molecule has 2 fully saturated rings. The highest BCUT2D eigenvalue weighted by Crippen LogP contribution is 2.25. The van der Waals surface area contributed by atoms with Gasteiger partial charge in [0.2, 0.25) is 0 Å². The lowest BCUT2D eigenvalue weighted by Crippen LogP contribution is -2.61. The van der Waals surface area contributed by atoms with Crippen molar-refractivity contribution in [2.45, 2.75) is 44.8 Å². The van der Waals surface area contributed by atoms with Crippen molar-refractivity contribution in [2.75, 3.05) is 25.0 Å². The lowest BCUT2D eigenvalue weighted by Gasteiger charge is -2.49. The van der Waals surface area contributed by atoms with Crippen LogP contribution in [0.1, 0.15) is 42.1 Å². The summed E-state index contributed by atoms with van der Waals surface area (Å²) in [6, 6.07) is 9.41. The number of nitrogens with zero attached hydrogens (tertiary/aromatic N) is 4. The van der Waals surface area contributed by atoms with E-state index in [1.807, 2.05) is 19.2 Å². The molecular weight excluding hydrogens is 338 g/mol. The number of carbonyl (C=O) groups is 1. The van der Waals surface area contributed by atoms with Crippen LogP contribution in [0.15, 0.2) is 36.7 Å². The molecule has 1 aromatic heterocycles. The van der Waals surface area contributed by atoms with E-state index >= 15 is 0 Å². The number of nitrogens with one attached hydrogen (secondary N) is 1. The lowest BCUT2D eigenvalue weighted by molar-refractivity contribution is -0.00620. The Balaban J connectivity index is 1.27. The van der Waals surface area contributed by atoms with Crippen LogP contribution in [0.3, 0.4) is 0 Å². The van der Waals surface area contributed by atoms with Gasteiger partial charge < -0.3 is 5.32 Å². The van der Waals surface area contributed by atoms with Gasteiger partial charge >= 0.3 is 0 Å². The van der Waals surface area contributed by atoms with Crippen molar-refractivity contribution >= 4 is 11.6 Å². The van der Waals surface area contributed by atoms with Crippen LogP contribution in [-0.4, -0.2) is 57.2 Å². The number of benzene rings is 1. The average Bonchev–Trinajstić information content (AvgIpc) is 3.04. The Labute approximate surface area is 161 Å². The van der Waals surface area contributed by atoms with Crippen molar-refractivity contribution in [3.05, 3.63) is 47.8 Å². The first-order chi connectivity index (χ1) is 13.1. The first-order valence-corrected chi connectivity index (χ1v) is 9.95. The van der Waals surface area contributed by atoms with Crippen LogP contribution in [0.5, 0.6) is 0 Å². The van der Waals surface area contributed by atoms with E-state index in [0.29, 0.717) is 11.3 Å². The smallest absolute Gasteiger partial charge is 0.255 e. The number of aromatic nitrogens is 2. The van der Waals surface area contributed by atoms with Gasteiger partial charge in [-0.2, -0.15) is 5.10 Å². The van der Waals surface area contributed by atoms with Gasteiger partial charge in [-0.15, -0.1) is 0 Å². The number of rotatable bonds is 5. The van der Waals surface area contributed by atoms with Crippen LogP contribution in [0, 0.1) is 0 Å². The van der Waals surface area contributed by atoms with Crippen molar-refractivity contribution in [3.8, 4) is 0 Å². The van der Waals surface area contributed by atoms with Gasteiger partial charge in [-0.25, -0.2) is 0 Å². The minimum absolute atomic E-state index is 0.0994. The first-order valence-electron chi connectivity index (χ1n) is 9.95. The largest absolute Gasteiger partial charge is 0.319 e. The fourth-order valence-electron chi connectivity index (χ4n) is 4.25. The molecule has 4 rings (SSSR count). The Morgan fingerprint density at radius 2 is 2.00 bits per heavy atom. The molecule has 2 aliphatic heterocycles. The Morgan fingerprint density at radius 1 is 1.22 bits per heavy atom. The van der Waals surface area contributed by atoms with E-state index in [1.54, 1.807) is 17.1 Å². The third-order valence-electron chi connectivity index (χ3n) is 5.85. The summed E-state index contributed by atoms with van der Waals surface area (Å²) in [7, 11) is 1.83. The molecule has 1 atom stereocenters. The molecule has 2 aliphatic rings. The normalized spacial score (nSPS) is 21.8. The number of hydrogen-bond donors (Lipinski definition) is 1. The molecule has 0 saturated carbocycles. The van der Waals surface area contributed by atoms with Crippen molar-refractivity contribution in [3.63, 3.8) is 0 Å². The summed E-state index contributed by atoms with van der Waals surface area (Å²) >= 11 is 0. The zero-order valence-corrected chi connectivity index (χ0v) is 16.3. The molecule has 1 aromatic carbocycles. The predicted octanol–water partition coefficient (Wildman–Crippen LogP) is 2.73. The predicted molar refractivity (Wildman–Crippen MR) is 107 cm³/mol. The van der Waals surface area contributed by atoms with E-state index in [9.17, 15) is 4.79 Å². The quantitative estimate of drug-likeness (QED) is 0.883. The number of piperidine rings is 1. The fraction of sp³-hybridized carbons (Fsp3) is 0.524. The zero-order chi connectivity index (χ0) is 18.8. The van der Waals surface area contributed by atoms with E-state index in [0.717, 1.165) is 31.7 Å². The number of amides is 1. The minimum atomic E-state index is -0.0994. The Morgan fingerprint density at radius 3 is 2.67 bits per heavy atom. The first kappa shape index (κ1) is 18.2. The summed E-state index contributed by atoms with van der Waals surface area (Å²) < 4.78 is 1.67. The highest BCUT2D eigenvalue weighted by Gasteiger charge is 2.34. The maximum Gasteiger partial charge on any atom is 0.255 e. The molecule has 6 heteroatoms. The van der Waals surface area contributed by atoms with Gasteiger partial charge in [-0.3, -0.25) is 19.3 Å². The van der Waals surface area contributed by atoms with Gasteiger partial charge in [0.05, 0.1) is 11.9 Å². The van der Waals surface area contributed by atoms with E-state index in [-0.39, 0.29) is 5.91 Å². The van der Waals surface area contributed by atoms with Gasteiger partial charge in [0.15, 0.2) is 0 Å². The minimum Gasteiger partial charge on any atom is -0.319 e. The summed E-state index contributed by atoms with van der Waals surface area (Å²) in [5.41, 5.74) is 2.65. The Bertz CT molecular complexity index is 778. The maximum absolute atomic E-state index is 12.3. The molecule has 6 nitrogen and oxygen atoms in total. The van der Waals surface area contributed by atoms with E-state index < -0.39 is 0 Å². The number of likely N-dealkylation sites (tertiary alicyclic amines) is 2. The molecule has 2 aromatic rings. The van der Waals surface area contributed by atoms with Gasteiger partial charge in [-0.05, 0) is 44.0 Å². The van der Waals surface area contributed by atoms with Gasteiger partial charge in [0.1, 0.15) is 0 Å². The van der Waals surface area contributed by atoms with Crippen LogP contribution >= 0.6 is 0 Å². The molecule has 0 bridgehead atoms. The highest BCUT2D eigenvalue weighted by atomic mass is 16.1. The van der Waals surface area contributed by atoms with E-state index in [1.165, 1.54) is 31.4 Å². The monoisotopic (exact) mass is 367 g/mol. The Kier molecular flexibility index (Phi) is 5.27. The van der Waals surface area contributed by atoms with Gasteiger partial charge in [0, 0.05) is 50.5 Å². The summed E-state index contributed by atoms with van der Waals surface area (Å²) in [4.78, 5) is 17.5. The van der Waals surface area contributed by atoms with Gasteiger partial charge in [0.25, 0.3) is 5.91 Å². The molecule has 0 spiro atoms. The number of anilines is 1. The molecule has 1 N–H and O–H groups in total. The van der Waals surface area contributed by atoms with E-state index in [4.69, 9.17) is 0 Å². The standard InChI is InChI=1S/C21H29N5O/c1-16-5-3-4-10-26(16)20-14-25(15-20)12-17-6-8-18(9-7-17)21(27)23-19-11-22-24(2)13-19/h6-9,11,13,16,20H,3-5,10,12,14-15H2,1-2H3,(H,23,27). The summed E-state index contributed by atoms with van der Waals surface area (Å²) in [6.45, 7) is 6.92. The molecule has 144 valence electrons. The van der Waals surface area contributed by atoms with Crippen LogP contribution in [-0.2, 0) is 13.6 Å². The molecular formula is C21H29N5O. The number of aryl methyl sites for hydroxylation is 1. The highest BCUT2D eigenvalue weighted by molar-refractivity contribution is 6.04. The van der Waals surface area contributed by atoms with Crippen molar-refractivity contribution < 1.29 is 4.79 Å². The number of hydrogen-bond acceptors (Lipinski definition) is 4. The zero-order valence-electron chi connectivity index (χ0n) is 16.3. The van der Waals surface area contributed by atoms with E-state index in [2.05, 4.69) is 39.3 Å². The average molecular weight is 367 g/mol. The molecule has 1 unspecified atom stereocenters. The number of carbonyl (C=O) groups excluding carboxylic acids is 1. The third-order valence-corrected chi connectivity index (χ3v) is 5.85. The second-order valence-electron chi connectivity index (χ2n) is 7.98. The van der Waals surface area contributed by atoms with Crippen LogP contribution in [0.2, 0.25) is 0 Å². The van der Waals surface area contributed by atoms with Crippen molar-refractivity contribution in [1.29, 1.82) is 0 Å². The molecule has 1 amide bonds. The third kappa shape index (κ3) is 4.22. The van der Waals surface area contributed by atoms with Crippen LogP contribution < -0.4 is 5.32 Å². The molecule has 27 heavy (non-hydrogen) atoms. The van der Waals surface area contributed by atoms with Gasteiger partial charge in [-0.1, -0.05) is 18.6 Å². The maximum atomic E-state index is 12.3. The topological polar surface area (TPSA) is 53.4 Å². The summed E-state index contributed by atoms with van der Waals surface area (Å²) in [6.07, 6.45) is 7.52. The summed E-state index contributed by atoms with van der Waals surface area (Å²) in [5.74, 6) is -0.0994. The van der Waals surface area contributed by atoms with Crippen molar-refractivity contribution in [1.82, 2.24) is 19.6 Å². The SMILES string of the molecule is CC1CCCCN1C1CN(Cc2ccc(C(=O)Nc3cnn(C)c3)cc2)C1. The lowest BCUT2D eigenvalue weighted by atomic mass is 9.97. The second kappa shape index (κ2) is 7.82. The molecule has 3 heterocycles.